The number of hydrogen-bond donors (Lipinski definition) is 1. The summed E-state index contributed by atoms with van der Waals surface area (Å²) in [6.45, 7) is 0. The smallest absolute Gasteiger partial charge is 0.234 e. The van der Waals surface area contributed by atoms with Crippen molar-refractivity contribution < 1.29 is 4.79 Å². The minimum Gasteiger partial charge on any atom is -0.325 e. The highest BCUT2D eigenvalue weighted by molar-refractivity contribution is 8.00. The van der Waals surface area contributed by atoms with Crippen LogP contribution in [0.15, 0.2) is 88.4 Å². The molecule has 33 heavy (non-hydrogen) atoms. The zero-order valence-corrected chi connectivity index (χ0v) is 19.7. The largest absolute Gasteiger partial charge is 0.325 e. The van der Waals surface area contributed by atoms with Crippen molar-refractivity contribution in [2.24, 2.45) is 0 Å². The molecule has 3 aromatic carbocycles. The second-order valence-electron chi connectivity index (χ2n) is 6.98. The van der Waals surface area contributed by atoms with Crippen LogP contribution in [0.2, 0.25) is 0 Å². The van der Waals surface area contributed by atoms with Gasteiger partial charge in [0.1, 0.15) is 0 Å². The van der Waals surface area contributed by atoms with E-state index >= 15 is 0 Å². The van der Waals surface area contributed by atoms with Crippen molar-refractivity contribution in [2.45, 2.75) is 15.2 Å². The van der Waals surface area contributed by atoms with Gasteiger partial charge in [-0.25, -0.2) is 4.98 Å². The normalized spacial score (nSPS) is 11.0. The number of carbonyl (C=O) groups excluding carboxylic acids is 1. The molecule has 1 N–H and O–H groups in total. The monoisotopic (exact) mass is 490 g/mol. The van der Waals surface area contributed by atoms with Crippen molar-refractivity contribution >= 4 is 56.7 Å². The minimum absolute atomic E-state index is 0.120. The lowest BCUT2D eigenvalue weighted by Crippen LogP contribution is -2.14. The van der Waals surface area contributed by atoms with Gasteiger partial charge in [0.15, 0.2) is 4.34 Å². The summed E-state index contributed by atoms with van der Waals surface area (Å²) < 4.78 is 3.68. The van der Waals surface area contributed by atoms with E-state index < -0.39 is 0 Å². The van der Waals surface area contributed by atoms with Crippen molar-refractivity contribution in [1.29, 1.82) is 0 Å². The molecule has 10 heteroatoms. The van der Waals surface area contributed by atoms with Crippen molar-refractivity contribution in [1.82, 2.24) is 25.2 Å². The van der Waals surface area contributed by atoms with Crippen LogP contribution in [-0.4, -0.2) is 36.9 Å². The Kier molecular flexibility index (Phi) is 6.66. The number of fused-ring (bicyclic) bond motifs is 1. The molecular weight excluding hydrogens is 472 g/mol. The predicted molar refractivity (Wildman–Crippen MR) is 134 cm³/mol. The number of thiazole rings is 1. The number of aromatic nitrogens is 5. The van der Waals surface area contributed by atoms with E-state index in [9.17, 15) is 4.79 Å². The number of nitrogens with zero attached hydrogens (tertiary/aromatic N) is 5. The Morgan fingerprint density at radius 1 is 0.970 bits per heavy atom. The third kappa shape index (κ3) is 5.41. The maximum absolute atomic E-state index is 12.5. The van der Waals surface area contributed by atoms with Gasteiger partial charge in [0.2, 0.25) is 11.1 Å². The van der Waals surface area contributed by atoms with E-state index in [1.807, 2.05) is 66.7 Å². The maximum atomic E-state index is 12.5. The number of carbonyl (C=O) groups is 1. The Morgan fingerprint density at radius 3 is 2.58 bits per heavy atom. The number of rotatable bonds is 8. The molecule has 0 saturated carbocycles. The SMILES string of the molecule is O=C(CSc1nnnn1-c1ccccc1)Nc1ccc2nc(SCc3ccccc3)sc2c1. The van der Waals surface area contributed by atoms with E-state index in [-0.39, 0.29) is 11.7 Å². The molecular formula is C23H18N6OS3. The molecule has 2 aromatic heterocycles. The molecule has 0 unspecified atom stereocenters. The first kappa shape index (κ1) is 21.6. The molecule has 164 valence electrons. The number of tetrazole rings is 1. The number of nitrogens with one attached hydrogen (secondary N) is 1. The summed E-state index contributed by atoms with van der Waals surface area (Å²) in [5, 5.41) is 15.3. The fourth-order valence-electron chi connectivity index (χ4n) is 3.09. The number of hydrogen-bond acceptors (Lipinski definition) is 8. The van der Waals surface area contributed by atoms with Gasteiger partial charge in [-0.15, -0.1) is 16.4 Å². The lowest BCUT2D eigenvalue weighted by molar-refractivity contribution is -0.113. The minimum atomic E-state index is -0.120. The van der Waals surface area contributed by atoms with Crippen LogP contribution in [0.25, 0.3) is 15.9 Å². The summed E-state index contributed by atoms with van der Waals surface area (Å²) in [5.74, 6) is 0.959. The fourth-order valence-corrected chi connectivity index (χ4v) is 5.84. The van der Waals surface area contributed by atoms with Crippen molar-refractivity contribution in [2.75, 3.05) is 11.1 Å². The van der Waals surface area contributed by atoms with Gasteiger partial charge in [0.05, 0.1) is 21.7 Å². The molecule has 1 amide bonds. The molecule has 5 rings (SSSR count). The van der Waals surface area contributed by atoms with Crippen LogP contribution in [-0.2, 0) is 10.5 Å². The Hall–Kier alpha value is -3.21. The van der Waals surface area contributed by atoms with Crippen molar-refractivity contribution in [3.63, 3.8) is 0 Å². The number of para-hydroxylation sites is 1. The zero-order chi connectivity index (χ0) is 22.5. The molecule has 0 fully saturated rings. The van der Waals surface area contributed by atoms with Gasteiger partial charge in [-0.3, -0.25) is 4.79 Å². The summed E-state index contributed by atoms with van der Waals surface area (Å²) in [4.78, 5) is 17.2. The number of anilines is 1. The lowest BCUT2D eigenvalue weighted by atomic mass is 10.2. The van der Waals surface area contributed by atoms with Crippen molar-refractivity contribution in [3.8, 4) is 5.69 Å². The molecule has 0 aliphatic rings. The van der Waals surface area contributed by atoms with E-state index in [1.54, 1.807) is 27.8 Å². The predicted octanol–water partition coefficient (Wildman–Crippen LogP) is 5.30. The van der Waals surface area contributed by atoms with Crippen LogP contribution in [0.1, 0.15) is 5.56 Å². The first-order valence-corrected chi connectivity index (χ1v) is 12.9. The summed E-state index contributed by atoms with van der Waals surface area (Å²) in [6, 6.07) is 25.7. The summed E-state index contributed by atoms with van der Waals surface area (Å²) in [6.07, 6.45) is 0. The van der Waals surface area contributed by atoms with Gasteiger partial charge >= 0.3 is 0 Å². The summed E-state index contributed by atoms with van der Waals surface area (Å²) in [5.41, 5.74) is 3.80. The van der Waals surface area contributed by atoms with E-state index in [0.717, 1.165) is 31.7 Å². The second kappa shape index (κ2) is 10.2. The number of thioether (sulfide) groups is 2. The van der Waals surface area contributed by atoms with Crippen molar-refractivity contribution in [3.05, 3.63) is 84.4 Å². The Labute approximate surface area is 202 Å². The highest BCUT2D eigenvalue weighted by atomic mass is 32.2. The molecule has 0 atom stereocenters. The number of benzene rings is 3. The third-order valence-electron chi connectivity index (χ3n) is 4.63. The van der Waals surface area contributed by atoms with Gasteiger partial charge in [-0.05, 0) is 46.3 Å². The number of amides is 1. The van der Waals surface area contributed by atoms with Gasteiger partial charge in [0, 0.05) is 11.4 Å². The fraction of sp³-hybridized carbons (Fsp3) is 0.0870. The molecule has 7 nitrogen and oxygen atoms in total. The second-order valence-corrected chi connectivity index (χ2v) is 10.2. The van der Waals surface area contributed by atoms with E-state index in [0.29, 0.717) is 5.16 Å². The van der Waals surface area contributed by atoms with Crippen LogP contribution in [0, 0.1) is 0 Å². The van der Waals surface area contributed by atoms with Crippen LogP contribution in [0.5, 0.6) is 0 Å². The van der Waals surface area contributed by atoms with Gasteiger partial charge in [-0.1, -0.05) is 72.1 Å². The Balaban J connectivity index is 1.20. The topological polar surface area (TPSA) is 85.6 Å². The van der Waals surface area contributed by atoms with Crippen LogP contribution < -0.4 is 5.32 Å². The van der Waals surface area contributed by atoms with Gasteiger partial charge in [-0.2, -0.15) is 4.68 Å². The van der Waals surface area contributed by atoms with Gasteiger partial charge in [0.25, 0.3) is 0 Å². The van der Waals surface area contributed by atoms with Crippen LogP contribution >= 0.6 is 34.9 Å². The Bertz CT molecular complexity index is 1370. The lowest BCUT2D eigenvalue weighted by Gasteiger charge is -2.06. The molecule has 0 spiro atoms. The van der Waals surface area contributed by atoms with E-state index in [2.05, 4.69) is 33.0 Å². The maximum Gasteiger partial charge on any atom is 0.234 e. The quantitative estimate of drug-likeness (QED) is 0.296. The molecule has 0 saturated heterocycles. The van der Waals surface area contributed by atoms with Crippen LogP contribution in [0.4, 0.5) is 5.69 Å². The van der Waals surface area contributed by atoms with E-state index in [1.165, 1.54) is 17.3 Å². The molecule has 0 aliphatic carbocycles. The Morgan fingerprint density at radius 2 is 1.76 bits per heavy atom. The molecule has 0 aliphatic heterocycles. The summed E-state index contributed by atoms with van der Waals surface area (Å²) in [7, 11) is 0. The first-order chi connectivity index (χ1) is 16.2. The molecule has 0 bridgehead atoms. The molecule has 5 aromatic rings. The standard InChI is InChI=1S/C23H18N6OS3/c30-21(15-31-22-26-27-28-29(22)18-9-5-2-6-10-18)24-17-11-12-19-20(13-17)33-23(25-19)32-14-16-7-3-1-4-8-16/h1-13H,14-15H2,(H,24,30). The third-order valence-corrected chi connectivity index (χ3v) is 7.78. The molecule has 2 heterocycles. The average molecular weight is 491 g/mol. The van der Waals surface area contributed by atoms with Gasteiger partial charge < -0.3 is 5.32 Å². The highest BCUT2D eigenvalue weighted by Gasteiger charge is 2.12. The van der Waals surface area contributed by atoms with E-state index in [4.69, 9.17) is 4.98 Å². The zero-order valence-electron chi connectivity index (χ0n) is 17.3. The first-order valence-electron chi connectivity index (χ1n) is 10.1. The van der Waals surface area contributed by atoms with Crippen LogP contribution in [0.3, 0.4) is 0 Å². The summed E-state index contributed by atoms with van der Waals surface area (Å²) >= 11 is 4.64. The molecule has 0 radical (unpaired) electrons. The highest BCUT2D eigenvalue weighted by Crippen LogP contribution is 2.33. The average Bonchev–Trinajstić information content (AvgIpc) is 3.49.